The highest BCUT2D eigenvalue weighted by Gasteiger charge is 2.25. The van der Waals surface area contributed by atoms with Crippen LogP contribution in [-0.4, -0.2) is 22.2 Å². The van der Waals surface area contributed by atoms with Gasteiger partial charge in [-0.15, -0.1) is 0 Å². The molecule has 0 radical (unpaired) electrons. The lowest BCUT2D eigenvalue weighted by molar-refractivity contribution is 0.103. The summed E-state index contributed by atoms with van der Waals surface area (Å²) in [5, 5.41) is 0. The monoisotopic (exact) mass is 447 g/mol. The second-order valence-corrected chi connectivity index (χ2v) is 9.33. The Bertz CT molecular complexity index is 1540. The molecule has 1 aliphatic heterocycles. The quantitative estimate of drug-likeness (QED) is 0.286. The van der Waals surface area contributed by atoms with Crippen molar-refractivity contribution in [1.29, 1.82) is 0 Å². The summed E-state index contributed by atoms with van der Waals surface area (Å²) in [5.74, 6) is -0.0377. The van der Waals surface area contributed by atoms with E-state index in [0.717, 1.165) is 27.5 Å². The largest absolute Gasteiger partial charge is 0.343 e. The Balaban J connectivity index is 1.49. The van der Waals surface area contributed by atoms with Crippen LogP contribution in [-0.2, 0) is 0 Å². The minimum Gasteiger partial charge on any atom is -0.343 e. The van der Waals surface area contributed by atoms with Crippen LogP contribution in [0.4, 0.5) is 11.4 Å². The van der Waals surface area contributed by atoms with E-state index in [2.05, 4.69) is 55.3 Å². The maximum Gasteiger partial charge on any atom is 0.212 e. The summed E-state index contributed by atoms with van der Waals surface area (Å²) in [7, 11) is 2.05. The standard InChI is InChI=1S/C28H21N3OS/c1-18-10-12-19(13-11-18)26-27(31-16-6-5-9-25(31)29-26)28(32)20-14-15-24-22(17-20)30(2)21-7-3-4-8-23(21)33-24/h3-17H,1-2H3. The van der Waals surface area contributed by atoms with Crippen LogP contribution < -0.4 is 4.90 Å². The van der Waals surface area contributed by atoms with Crippen molar-refractivity contribution in [3.63, 3.8) is 0 Å². The van der Waals surface area contributed by atoms with Crippen LogP contribution in [0.15, 0.2) is 101 Å². The molecule has 4 nitrogen and oxygen atoms in total. The first-order chi connectivity index (χ1) is 16.1. The smallest absolute Gasteiger partial charge is 0.212 e. The van der Waals surface area contributed by atoms with Gasteiger partial charge in [0.05, 0.1) is 11.4 Å². The second-order valence-electron chi connectivity index (χ2n) is 8.24. The molecule has 0 atom stereocenters. The number of imidazole rings is 1. The summed E-state index contributed by atoms with van der Waals surface area (Å²) in [4.78, 5) is 23.3. The Morgan fingerprint density at radius 2 is 1.61 bits per heavy atom. The lowest BCUT2D eigenvalue weighted by Crippen LogP contribution is -2.16. The van der Waals surface area contributed by atoms with Crippen molar-refractivity contribution in [1.82, 2.24) is 9.38 Å². The second kappa shape index (κ2) is 7.64. The normalized spacial score (nSPS) is 12.5. The average molecular weight is 448 g/mol. The van der Waals surface area contributed by atoms with Gasteiger partial charge in [-0.1, -0.05) is 59.8 Å². The van der Waals surface area contributed by atoms with Crippen molar-refractivity contribution in [2.75, 3.05) is 11.9 Å². The minimum absolute atomic E-state index is 0.0377. The van der Waals surface area contributed by atoms with Gasteiger partial charge in [-0.2, -0.15) is 0 Å². The van der Waals surface area contributed by atoms with Gasteiger partial charge in [-0.3, -0.25) is 9.20 Å². The van der Waals surface area contributed by atoms with E-state index in [9.17, 15) is 4.79 Å². The molecule has 5 heteroatoms. The minimum atomic E-state index is -0.0377. The van der Waals surface area contributed by atoms with E-state index in [0.29, 0.717) is 17.0 Å². The first-order valence-corrected chi connectivity index (χ1v) is 11.7. The molecule has 6 rings (SSSR count). The van der Waals surface area contributed by atoms with Gasteiger partial charge in [-0.05, 0) is 49.4 Å². The van der Waals surface area contributed by atoms with Gasteiger partial charge < -0.3 is 4.90 Å². The number of carbonyl (C=O) groups is 1. The molecule has 160 valence electrons. The fourth-order valence-electron chi connectivity index (χ4n) is 4.34. The molecule has 5 aromatic rings. The van der Waals surface area contributed by atoms with Crippen LogP contribution in [0.25, 0.3) is 16.9 Å². The number of hydrogen-bond acceptors (Lipinski definition) is 4. The Morgan fingerprint density at radius 3 is 2.45 bits per heavy atom. The van der Waals surface area contributed by atoms with Gasteiger partial charge in [0.25, 0.3) is 0 Å². The van der Waals surface area contributed by atoms with Crippen molar-refractivity contribution < 1.29 is 4.79 Å². The number of aromatic nitrogens is 2. The number of benzene rings is 3. The Morgan fingerprint density at radius 1 is 0.848 bits per heavy atom. The number of aryl methyl sites for hydroxylation is 1. The topological polar surface area (TPSA) is 37.6 Å². The number of para-hydroxylation sites is 1. The van der Waals surface area contributed by atoms with Crippen molar-refractivity contribution in [2.45, 2.75) is 16.7 Å². The molecule has 0 unspecified atom stereocenters. The SMILES string of the molecule is Cc1ccc(-c2nc3ccccn3c2C(=O)c2ccc3c(c2)N(C)c2ccccc2S3)cc1. The molecule has 3 heterocycles. The lowest BCUT2D eigenvalue weighted by Gasteiger charge is -2.29. The van der Waals surface area contributed by atoms with Crippen molar-refractivity contribution in [3.05, 3.63) is 108 Å². The lowest BCUT2D eigenvalue weighted by atomic mass is 10.0. The summed E-state index contributed by atoms with van der Waals surface area (Å²) in [6, 6.07) is 28.3. The van der Waals surface area contributed by atoms with E-state index < -0.39 is 0 Å². The number of fused-ring (bicyclic) bond motifs is 3. The zero-order valence-corrected chi connectivity index (χ0v) is 19.1. The van der Waals surface area contributed by atoms with Crippen LogP contribution in [0.2, 0.25) is 0 Å². The third-order valence-corrected chi connectivity index (χ3v) is 7.23. The number of ketones is 1. The van der Waals surface area contributed by atoms with Crippen LogP contribution in [0, 0.1) is 6.92 Å². The van der Waals surface area contributed by atoms with Gasteiger partial charge in [0.1, 0.15) is 17.0 Å². The third kappa shape index (κ3) is 3.24. The predicted molar refractivity (Wildman–Crippen MR) is 134 cm³/mol. The van der Waals surface area contributed by atoms with Crippen LogP contribution >= 0.6 is 11.8 Å². The average Bonchev–Trinajstić information content (AvgIpc) is 3.23. The van der Waals surface area contributed by atoms with Gasteiger partial charge in [0, 0.05) is 34.2 Å². The predicted octanol–water partition coefficient (Wildman–Crippen LogP) is 6.77. The van der Waals surface area contributed by atoms with Crippen molar-refractivity contribution in [2.24, 2.45) is 0 Å². The number of anilines is 2. The zero-order chi connectivity index (χ0) is 22.5. The summed E-state index contributed by atoms with van der Waals surface area (Å²) in [5.41, 5.74) is 7.00. The molecule has 0 saturated carbocycles. The highest BCUT2D eigenvalue weighted by molar-refractivity contribution is 7.99. The van der Waals surface area contributed by atoms with Gasteiger partial charge in [0.15, 0.2) is 0 Å². The number of nitrogens with zero attached hydrogens (tertiary/aromatic N) is 3. The molecule has 0 aliphatic carbocycles. The molecule has 0 N–H and O–H groups in total. The number of pyridine rings is 1. The molecule has 0 bridgehead atoms. The molecule has 0 amide bonds. The van der Waals surface area contributed by atoms with E-state index in [1.54, 1.807) is 11.8 Å². The van der Waals surface area contributed by atoms with Gasteiger partial charge in [0.2, 0.25) is 5.78 Å². The zero-order valence-electron chi connectivity index (χ0n) is 18.3. The molecule has 33 heavy (non-hydrogen) atoms. The molecule has 2 aromatic heterocycles. The molecular weight excluding hydrogens is 426 g/mol. The number of rotatable bonds is 3. The maximum atomic E-state index is 13.9. The van der Waals surface area contributed by atoms with E-state index >= 15 is 0 Å². The fraction of sp³-hybridized carbons (Fsp3) is 0.0714. The van der Waals surface area contributed by atoms with Crippen LogP contribution in [0.1, 0.15) is 21.6 Å². The van der Waals surface area contributed by atoms with Crippen LogP contribution in [0.5, 0.6) is 0 Å². The number of carbonyl (C=O) groups excluding carboxylic acids is 1. The third-order valence-electron chi connectivity index (χ3n) is 6.10. The summed E-state index contributed by atoms with van der Waals surface area (Å²) < 4.78 is 1.89. The van der Waals surface area contributed by atoms with Gasteiger partial charge in [-0.25, -0.2) is 4.98 Å². The summed E-state index contributed by atoms with van der Waals surface area (Å²) in [6.07, 6.45) is 1.91. The molecule has 0 saturated heterocycles. The van der Waals surface area contributed by atoms with E-state index in [-0.39, 0.29) is 5.78 Å². The van der Waals surface area contributed by atoms with Crippen LogP contribution in [0.3, 0.4) is 0 Å². The molecule has 0 fully saturated rings. The summed E-state index contributed by atoms with van der Waals surface area (Å²) in [6.45, 7) is 2.05. The Hall–Kier alpha value is -3.83. The fourth-order valence-corrected chi connectivity index (χ4v) is 5.47. The highest BCUT2D eigenvalue weighted by Crippen LogP contribution is 2.47. The van der Waals surface area contributed by atoms with E-state index in [1.807, 2.05) is 59.1 Å². The maximum absolute atomic E-state index is 13.9. The molecule has 0 spiro atoms. The Labute approximate surface area is 196 Å². The van der Waals surface area contributed by atoms with E-state index in [4.69, 9.17) is 4.98 Å². The first kappa shape index (κ1) is 19.8. The molecular formula is C28H21N3OS. The van der Waals surface area contributed by atoms with Gasteiger partial charge >= 0.3 is 0 Å². The van der Waals surface area contributed by atoms with Crippen molar-refractivity contribution in [3.8, 4) is 11.3 Å². The molecule has 1 aliphatic rings. The summed E-state index contributed by atoms with van der Waals surface area (Å²) >= 11 is 1.74. The molecule has 3 aromatic carbocycles. The highest BCUT2D eigenvalue weighted by atomic mass is 32.2. The Kier molecular flexibility index (Phi) is 4.59. The van der Waals surface area contributed by atoms with Crippen molar-refractivity contribution >= 4 is 34.6 Å². The number of hydrogen-bond donors (Lipinski definition) is 0. The first-order valence-electron chi connectivity index (χ1n) is 10.8. The van der Waals surface area contributed by atoms with E-state index in [1.165, 1.54) is 10.5 Å².